The van der Waals surface area contributed by atoms with Gasteiger partial charge in [0.2, 0.25) is 0 Å². The molecule has 0 saturated carbocycles. The fourth-order valence-corrected chi connectivity index (χ4v) is 3.19. The van der Waals surface area contributed by atoms with Crippen LogP contribution in [0.4, 0.5) is 0 Å². The predicted octanol–water partition coefficient (Wildman–Crippen LogP) is 2.63. The fourth-order valence-electron chi connectivity index (χ4n) is 3.19. The summed E-state index contributed by atoms with van der Waals surface area (Å²) in [5.74, 6) is -0.232. The van der Waals surface area contributed by atoms with E-state index < -0.39 is 0 Å². The second-order valence-corrected chi connectivity index (χ2v) is 5.32. The predicted molar refractivity (Wildman–Crippen MR) is 60.2 cm³/mol. The first kappa shape index (κ1) is 11.0. The Morgan fingerprint density at radius 3 is 2.50 bits per heavy atom. The van der Waals surface area contributed by atoms with Crippen molar-refractivity contribution in [2.45, 2.75) is 69.4 Å². The Bertz CT molecular complexity index is 229. The quantitative estimate of drug-likeness (QED) is 0.688. The fraction of sp³-hybridized carbons (Fsp3) is 1.00. The van der Waals surface area contributed by atoms with Gasteiger partial charge in [-0.2, -0.15) is 0 Å². The molecule has 3 aliphatic rings. The van der Waals surface area contributed by atoms with Crippen LogP contribution in [-0.4, -0.2) is 31.2 Å². The Morgan fingerprint density at radius 2 is 1.75 bits per heavy atom. The SMILES string of the molecule is C1CC[C@@H]([C@H]2CC[C@]3(CCCCO3)O2)OC1. The van der Waals surface area contributed by atoms with E-state index in [0.29, 0.717) is 12.2 Å². The van der Waals surface area contributed by atoms with Crippen LogP contribution in [0.5, 0.6) is 0 Å². The van der Waals surface area contributed by atoms with E-state index in [1.54, 1.807) is 0 Å². The maximum atomic E-state index is 6.18. The molecule has 3 heteroatoms. The first-order chi connectivity index (χ1) is 7.88. The van der Waals surface area contributed by atoms with Gasteiger partial charge in [-0.3, -0.25) is 0 Å². The molecule has 0 aromatic carbocycles. The Labute approximate surface area is 97.4 Å². The number of hydrogen-bond acceptors (Lipinski definition) is 3. The van der Waals surface area contributed by atoms with Crippen LogP contribution in [0.2, 0.25) is 0 Å². The van der Waals surface area contributed by atoms with Gasteiger partial charge >= 0.3 is 0 Å². The molecule has 0 radical (unpaired) electrons. The zero-order valence-electron chi connectivity index (χ0n) is 9.95. The number of ether oxygens (including phenoxy) is 3. The van der Waals surface area contributed by atoms with Gasteiger partial charge < -0.3 is 14.2 Å². The zero-order valence-corrected chi connectivity index (χ0v) is 9.95. The van der Waals surface area contributed by atoms with Crippen LogP contribution in [0.25, 0.3) is 0 Å². The van der Waals surface area contributed by atoms with Gasteiger partial charge in [-0.25, -0.2) is 0 Å². The lowest BCUT2D eigenvalue weighted by atomic mass is 9.99. The summed E-state index contributed by atoms with van der Waals surface area (Å²) in [6.07, 6.45) is 9.99. The molecule has 3 saturated heterocycles. The molecule has 92 valence electrons. The van der Waals surface area contributed by atoms with E-state index >= 15 is 0 Å². The third-order valence-corrected chi connectivity index (χ3v) is 4.12. The van der Waals surface area contributed by atoms with Crippen molar-refractivity contribution >= 4 is 0 Å². The molecule has 0 aliphatic carbocycles. The van der Waals surface area contributed by atoms with Gasteiger partial charge in [0.1, 0.15) is 0 Å². The van der Waals surface area contributed by atoms with Gasteiger partial charge in [0.05, 0.1) is 18.8 Å². The number of hydrogen-bond donors (Lipinski definition) is 0. The van der Waals surface area contributed by atoms with Crippen molar-refractivity contribution in [3.05, 3.63) is 0 Å². The highest BCUT2D eigenvalue weighted by molar-refractivity contribution is 4.88. The van der Waals surface area contributed by atoms with E-state index in [9.17, 15) is 0 Å². The van der Waals surface area contributed by atoms with Crippen molar-refractivity contribution < 1.29 is 14.2 Å². The van der Waals surface area contributed by atoms with Gasteiger partial charge in [0.15, 0.2) is 5.79 Å². The summed E-state index contributed by atoms with van der Waals surface area (Å²) in [6.45, 7) is 1.79. The van der Waals surface area contributed by atoms with Crippen LogP contribution in [-0.2, 0) is 14.2 Å². The summed E-state index contributed by atoms with van der Waals surface area (Å²) >= 11 is 0. The highest BCUT2D eigenvalue weighted by atomic mass is 16.7. The minimum absolute atomic E-state index is 0.232. The monoisotopic (exact) mass is 226 g/mol. The van der Waals surface area contributed by atoms with Crippen LogP contribution in [0.15, 0.2) is 0 Å². The van der Waals surface area contributed by atoms with Crippen molar-refractivity contribution in [3.63, 3.8) is 0 Å². The molecule has 0 amide bonds. The van der Waals surface area contributed by atoms with Crippen LogP contribution < -0.4 is 0 Å². The summed E-state index contributed by atoms with van der Waals surface area (Å²) in [7, 11) is 0. The lowest BCUT2D eigenvalue weighted by Crippen LogP contribution is -2.39. The average molecular weight is 226 g/mol. The number of rotatable bonds is 1. The van der Waals surface area contributed by atoms with E-state index in [1.807, 2.05) is 0 Å². The van der Waals surface area contributed by atoms with Gasteiger partial charge in [-0.05, 0) is 38.5 Å². The molecule has 3 nitrogen and oxygen atoms in total. The highest BCUT2D eigenvalue weighted by Gasteiger charge is 2.45. The minimum atomic E-state index is -0.232. The Hall–Kier alpha value is -0.120. The third-order valence-electron chi connectivity index (χ3n) is 4.12. The van der Waals surface area contributed by atoms with Crippen molar-refractivity contribution in [2.75, 3.05) is 13.2 Å². The first-order valence-electron chi connectivity index (χ1n) is 6.81. The largest absolute Gasteiger partial charge is 0.376 e. The maximum Gasteiger partial charge on any atom is 0.168 e. The standard InChI is InChI=1S/C13H22O3/c1-3-9-14-11(5-1)12-6-8-13(16-12)7-2-4-10-15-13/h11-12H,1-10H2/t11-,12+,13-/m0/s1. The zero-order chi connectivity index (χ0) is 10.8. The molecule has 1 spiro atoms. The molecule has 3 atom stereocenters. The normalized spacial score (nSPS) is 45.0. The van der Waals surface area contributed by atoms with E-state index in [1.165, 1.54) is 32.1 Å². The minimum Gasteiger partial charge on any atom is -0.376 e. The van der Waals surface area contributed by atoms with Crippen molar-refractivity contribution in [2.24, 2.45) is 0 Å². The summed E-state index contributed by atoms with van der Waals surface area (Å²) in [5.41, 5.74) is 0. The molecule has 0 aromatic heterocycles. The molecule has 3 rings (SSSR count). The van der Waals surface area contributed by atoms with Crippen molar-refractivity contribution in [3.8, 4) is 0 Å². The van der Waals surface area contributed by atoms with E-state index in [4.69, 9.17) is 14.2 Å². The molecule has 0 aromatic rings. The molecule has 3 fully saturated rings. The molecule has 0 unspecified atom stereocenters. The first-order valence-corrected chi connectivity index (χ1v) is 6.81. The average Bonchev–Trinajstić information content (AvgIpc) is 2.75. The molecule has 0 bridgehead atoms. The third kappa shape index (κ3) is 2.13. The van der Waals surface area contributed by atoms with Gasteiger partial charge in [-0.15, -0.1) is 0 Å². The van der Waals surface area contributed by atoms with Gasteiger partial charge in [0, 0.05) is 19.4 Å². The summed E-state index contributed by atoms with van der Waals surface area (Å²) in [5, 5.41) is 0. The molecular formula is C13H22O3. The lowest BCUT2D eigenvalue weighted by Gasteiger charge is -2.35. The van der Waals surface area contributed by atoms with Crippen molar-refractivity contribution in [1.82, 2.24) is 0 Å². The smallest absolute Gasteiger partial charge is 0.168 e. The van der Waals surface area contributed by atoms with Gasteiger partial charge in [-0.1, -0.05) is 0 Å². The Morgan fingerprint density at radius 1 is 0.812 bits per heavy atom. The van der Waals surface area contributed by atoms with Crippen LogP contribution in [0.3, 0.4) is 0 Å². The molecule has 0 N–H and O–H groups in total. The van der Waals surface area contributed by atoms with E-state index in [0.717, 1.165) is 32.5 Å². The van der Waals surface area contributed by atoms with Crippen LogP contribution in [0.1, 0.15) is 51.4 Å². The molecule has 3 heterocycles. The second-order valence-electron chi connectivity index (χ2n) is 5.32. The topological polar surface area (TPSA) is 27.7 Å². The molecule has 16 heavy (non-hydrogen) atoms. The van der Waals surface area contributed by atoms with Crippen molar-refractivity contribution in [1.29, 1.82) is 0 Å². The molecule has 3 aliphatic heterocycles. The van der Waals surface area contributed by atoms with E-state index in [-0.39, 0.29) is 5.79 Å². The van der Waals surface area contributed by atoms with Crippen LogP contribution in [0, 0.1) is 0 Å². The second kappa shape index (κ2) is 4.63. The Kier molecular flexibility index (Phi) is 3.18. The summed E-state index contributed by atoms with van der Waals surface area (Å²) < 4.78 is 17.9. The lowest BCUT2D eigenvalue weighted by molar-refractivity contribution is -0.258. The summed E-state index contributed by atoms with van der Waals surface area (Å²) in [4.78, 5) is 0. The molecular weight excluding hydrogens is 204 g/mol. The maximum absolute atomic E-state index is 6.18. The van der Waals surface area contributed by atoms with E-state index in [2.05, 4.69) is 0 Å². The highest BCUT2D eigenvalue weighted by Crippen LogP contribution is 2.40. The Balaban J connectivity index is 1.58. The van der Waals surface area contributed by atoms with Gasteiger partial charge in [0.25, 0.3) is 0 Å². The van der Waals surface area contributed by atoms with Crippen LogP contribution >= 0.6 is 0 Å². The summed E-state index contributed by atoms with van der Waals surface area (Å²) in [6, 6.07) is 0.